The molecular formula is C37H51NO6S. The Balaban J connectivity index is 0.000000259. The first-order chi connectivity index (χ1) is 21.9. The van der Waals surface area contributed by atoms with Gasteiger partial charge < -0.3 is 28.4 Å². The van der Waals surface area contributed by atoms with Crippen LogP contribution in [0.25, 0.3) is 0 Å². The van der Waals surface area contributed by atoms with E-state index in [1.807, 2.05) is 54.8 Å². The molecule has 0 fully saturated rings. The van der Waals surface area contributed by atoms with Gasteiger partial charge in [-0.2, -0.15) is 0 Å². The topological polar surface area (TPSA) is 68.3 Å². The van der Waals surface area contributed by atoms with E-state index in [0.717, 1.165) is 52.5 Å². The van der Waals surface area contributed by atoms with Gasteiger partial charge in [-0.25, -0.2) is 4.98 Å². The first-order valence-electron chi connectivity index (χ1n) is 15.5. The summed E-state index contributed by atoms with van der Waals surface area (Å²) in [6.45, 7) is 11.3. The predicted molar refractivity (Wildman–Crippen MR) is 184 cm³/mol. The number of hydrogen-bond acceptors (Lipinski definition) is 8. The maximum atomic E-state index is 5.57. The summed E-state index contributed by atoms with van der Waals surface area (Å²) >= 11 is 1.63. The van der Waals surface area contributed by atoms with Gasteiger partial charge in [0.1, 0.15) is 29.6 Å². The van der Waals surface area contributed by atoms with E-state index in [0.29, 0.717) is 33.0 Å². The van der Waals surface area contributed by atoms with Gasteiger partial charge in [-0.3, -0.25) is 0 Å². The summed E-state index contributed by atoms with van der Waals surface area (Å²) in [5.74, 6) is 4.22. The standard InChI is InChI=1S/C16H21NO4S.C12H18O.C9H12O/c1-13-17-14(12-22-13)11-20-7-6-19-8-9-21-16-5-3-4-15(10-16)18-2;1-4-10(2)8-11-6-5-7-12(9-11)13-3;1-3-8-5-4-6-9(7-8)10-2/h3-5,10,12H,6-9,11H2,1-2H3;5-7,9-10H,4,8H2,1-3H3;4-7H,3H2,1-2H3/t;10-;/m.1./s1. The van der Waals surface area contributed by atoms with Crippen molar-refractivity contribution in [1.82, 2.24) is 4.98 Å². The average Bonchev–Trinajstić information content (AvgIpc) is 3.51. The minimum absolute atomic E-state index is 0.498. The van der Waals surface area contributed by atoms with Crippen LogP contribution in [0.3, 0.4) is 0 Å². The van der Waals surface area contributed by atoms with Crippen LogP contribution in [-0.2, 0) is 28.9 Å². The number of methoxy groups -OCH3 is 3. The molecule has 0 aliphatic rings. The van der Waals surface area contributed by atoms with Crippen molar-refractivity contribution >= 4 is 11.3 Å². The average molecular weight is 638 g/mol. The van der Waals surface area contributed by atoms with Crippen molar-refractivity contribution in [2.24, 2.45) is 5.92 Å². The molecule has 0 amide bonds. The highest BCUT2D eigenvalue weighted by atomic mass is 32.1. The SMILES string of the molecule is CC[C@@H](C)Cc1cccc(OC)c1.CCc1cccc(OC)c1.COc1cccc(OCCOCCOCc2csc(C)n2)c1. The number of benzene rings is 3. The number of aryl methyl sites for hydroxylation is 2. The fourth-order valence-corrected chi connectivity index (χ4v) is 4.62. The van der Waals surface area contributed by atoms with Crippen molar-refractivity contribution < 1.29 is 28.4 Å². The second kappa shape index (κ2) is 22.8. The van der Waals surface area contributed by atoms with Gasteiger partial charge in [0.15, 0.2) is 0 Å². The first-order valence-corrected chi connectivity index (χ1v) is 16.4. The number of rotatable bonds is 16. The maximum absolute atomic E-state index is 5.57. The summed E-state index contributed by atoms with van der Waals surface area (Å²) in [4.78, 5) is 4.33. The zero-order valence-corrected chi connectivity index (χ0v) is 28.9. The molecule has 1 aromatic heterocycles. The molecule has 1 heterocycles. The first kappa shape index (κ1) is 37.6. The van der Waals surface area contributed by atoms with E-state index in [9.17, 15) is 0 Å². The van der Waals surface area contributed by atoms with Gasteiger partial charge in [0.2, 0.25) is 0 Å². The highest BCUT2D eigenvalue weighted by Gasteiger charge is 2.02. The van der Waals surface area contributed by atoms with E-state index < -0.39 is 0 Å². The van der Waals surface area contributed by atoms with Gasteiger partial charge >= 0.3 is 0 Å². The zero-order valence-electron chi connectivity index (χ0n) is 28.0. The smallest absolute Gasteiger partial charge is 0.123 e. The van der Waals surface area contributed by atoms with Crippen molar-refractivity contribution in [3.63, 3.8) is 0 Å². The summed E-state index contributed by atoms with van der Waals surface area (Å²) in [6, 6.07) is 23.9. The van der Waals surface area contributed by atoms with E-state index in [1.165, 1.54) is 17.5 Å². The zero-order chi connectivity index (χ0) is 32.7. The lowest BCUT2D eigenvalue weighted by molar-refractivity contribution is 0.0295. The van der Waals surface area contributed by atoms with E-state index >= 15 is 0 Å². The normalized spacial score (nSPS) is 10.9. The molecule has 246 valence electrons. The quantitative estimate of drug-likeness (QED) is 0.114. The Hall–Kier alpha value is -3.59. The third-order valence-corrected chi connectivity index (χ3v) is 7.61. The minimum atomic E-state index is 0.498. The Bertz CT molecular complexity index is 1310. The Morgan fingerprint density at radius 3 is 1.84 bits per heavy atom. The number of aromatic nitrogens is 1. The number of hydrogen-bond donors (Lipinski definition) is 0. The van der Waals surface area contributed by atoms with Crippen LogP contribution in [0.1, 0.15) is 49.0 Å². The van der Waals surface area contributed by atoms with Gasteiger partial charge in [-0.05, 0) is 73.2 Å². The molecule has 4 aromatic rings. The van der Waals surface area contributed by atoms with Gasteiger partial charge in [0.05, 0.1) is 58.5 Å². The lowest BCUT2D eigenvalue weighted by Crippen LogP contribution is -2.10. The monoisotopic (exact) mass is 637 g/mol. The molecule has 4 rings (SSSR count). The molecule has 8 heteroatoms. The minimum Gasteiger partial charge on any atom is -0.497 e. The molecule has 7 nitrogen and oxygen atoms in total. The number of thiazole rings is 1. The van der Waals surface area contributed by atoms with Crippen LogP contribution < -0.4 is 18.9 Å². The fourth-order valence-electron chi connectivity index (χ4n) is 4.02. The van der Waals surface area contributed by atoms with Gasteiger partial charge in [-0.1, -0.05) is 57.5 Å². The van der Waals surface area contributed by atoms with Crippen LogP contribution in [0, 0.1) is 12.8 Å². The van der Waals surface area contributed by atoms with Crippen molar-refractivity contribution in [3.8, 4) is 23.0 Å². The number of ether oxygens (including phenoxy) is 6. The van der Waals surface area contributed by atoms with Crippen LogP contribution in [-0.4, -0.2) is 52.7 Å². The van der Waals surface area contributed by atoms with Crippen molar-refractivity contribution in [1.29, 1.82) is 0 Å². The highest BCUT2D eigenvalue weighted by Crippen LogP contribution is 2.19. The molecule has 0 bridgehead atoms. The van der Waals surface area contributed by atoms with Gasteiger partial charge in [0, 0.05) is 11.4 Å². The van der Waals surface area contributed by atoms with Gasteiger partial charge in [0.25, 0.3) is 0 Å². The van der Waals surface area contributed by atoms with E-state index in [1.54, 1.807) is 32.7 Å². The molecule has 0 saturated carbocycles. The van der Waals surface area contributed by atoms with Gasteiger partial charge in [-0.15, -0.1) is 11.3 Å². The predicted octanol–water partition coefficient (Wildman–Crippen LogP) is 8.61. The molecule has 0 spiro atoms. The third kappa shape index (κ3) is 16.3. The third-order valence-electron chi connectivity index (χ3n) is 6.78. The summed E-state index contributed by atoms with van der Waals surface area (Å²) in [6.07, 6.45) is 3.45. The molecule has 0 N–H and O–H groups in total. The summed E-state index contributed by atoms with van der Waals surface area (Å²) in [5, 5.41) is 3.07. The Kier molecular flexibility index (Phi) is 19.1. The van der Waals surface area contributed by atoms with E-state index in [4.69, 9.17) is 28.4 Å². The Labute approximate surface area is 274 Å². The molecule has 0 radical (unpaired) electrons. The molecule has 45 heavy (non-hydrogen) atoms. The summed E-state index contributed by atoms with van der Waals surface area (Å²) in [5.41, 5.74) is 3.66. The molecule has 0 aliphatic heterocycles. The maximum Gasteiger partial charge on any atom is 0.123 e. The van der Waals surface area contributed by atoms with Crippen molar-refractivity contribution in [2.45, 2.75) is 53.6 Å². The second-order valence-corrected chi connectivity index (χ2v) is 11.4. The van der Waals surface area contributed by atoms with Crippen LogP contribution in [0.15, 0.2) is 78.2 Å². The summed E-state index contributed by atoms with van der Waals surface area (Å²) in [7, 11) is 5.03. The van der Waals surface area contributed by atoms with Crippen LogP contribution in [0.4, 0.5) is 0 Å². The second-order valence-electron chi connectivity index (χ2n) is 10.3. The van der Waals surface area contributed by atoms with Crippen LogP contribution in [0.5, 0.6) is 23.0 Å². The summed E-state index contributed by atoms with van der Waals surface area (Å²) < 4.78 is 31.9. The molecule has 0 saturated heterocycles. The van der Waals surface area contributed by atoms with Crippen LogP contribution in [0.2, 0.25) is 0 Å². The lowest BCUT2D eigenvalue weighted by Gasteiger charge is -2.09. The molecule has 1 atom stereocenters. The molecule has 3 aromatic carbocycles. The molecule has 0 aliphatic carbocycles. The van der Waals surface area contributed by atoms with Crippen molar-refractivity contribution in [2.75, 3.05) is 47.8 Å². The fraction of sp³-hybridized carbons (Fsp3) is 0.432. The Morgan fingerprint density at radius 1 is 0.689 bits per heavy atom. The highest BCUT2D eigenvalue weighted by molar-refractivity contribution is 7.09. The molecular weight excluding hydrogens is 586 g/mol. The van der Waals surface area contributed by atoms with Crippen molar-refractivity contribution in [3.05, 3.63) is 100 Å². The number of nitrogens with zero attached hydrogens (tertiary/aromatic N) is 1. The van der Waals surface area contributed by atoms with E-state index in [-0.39, 0.29) is 0 Å². The van der Waals surface area contributed by atoms with E-state index in [2.05, 4.69) is 56.1 Å². The Morgan fingerprint density at radius 2 is 1.24 bits per heavy atom. The largest absolute Gasteiger partial charge is 0.497 e. The lowest BCUT2D eigenvalue weighted by atomic mass is 9.99. The van der Waals surface area contributed by atoms with Crippen LogP contribution >= 0.6 is 11.3 Å². The molecule has 0 unspecified atom stereocenters.